The molecule has 0 atom stereocenters. The number of hydrogen-bond acceptors (Lipinski definition) is 4. The van der Waals surface area contributed by atoms with Crippen LogP contribution in [-0.4, -0.2) is 19.3 Å². The predicted octanol–water partition coefficient (Wildman–Crippen LogP) is 5.43. The number of hydrogen-bond donors (Lipinski definition) is 0. The van der Waals surface area contributed by atoms with Crippen molar-refractivity contribution in [3.63, 3.8) is 0 Å². The van der Waals surface area contributed by atoms with E-state index in [9.17, 15) is 4.79 Å². The van der Waals surface area contributed by atoms with Crippen LogP contribution in [0.15, 0.2) is 82.3 Å². The second kappa shape index (κ2) is 8.45. The Kier molecular flexibility index (Phi) is 5.81. The Morgan fingerprint density at radius 1 is 0.962 bits per heavy atom. The minimum Gasteiger partial charge on any atom is -0.497 e. The molecule has 0 N–H and O–H groups in total. The second-order valence-electron chi connectivity index (χ2n) is 5.39. The number of esters is 1. The molecule has 0 heterocycles. The van der Waals surface area contributed by atoms with Gasteiger partial charge in [-0.25, -0.2) is 4.79 Å². The molecule has 0 radical (unpaired) electrons. The van der Waals surface area contributed by atoms with Crippen molar-refractivity contribution in [3.05, 3.63) is 88.4 Å². The number of carbonyl (C=O) groups is 1. The molecule has 0 fully saturated rings. The first-order chi connectivity index (χ1) is 12.7. The van der Waals surface area contributed by atoms with Crippen molar-refractivity contribution in [2.75, 3.05) is 7.11 Å². The molecule has 0 saturated heterocycles. The average Bonchev–Trinajstić information content (AvgIpc) is 2.68. The number of para-hydroxylation sites is 1. The highest BCUT2D eigenvalue weighted by Gasteiger charge is 2.11. The molecular formula is C21H16BrNO3. The number of benzene rings is 3. The van der Waals surface area contributed by atoms with Crippen molar-refractivity contribution < 1.29 is 14.3 Å². The minimum atomic E-state index is -0.433. The first-order valence-corrected chi connectivity index (χ1v) is 8.70. The summed E-state index contributed by atoms with van der Waals surface area (Å²) in [7, 11) is 1.58. The van der Waals surface area contributed by atoms with Gasteiger partial charge in [0.25, 0.3) is 0 Å². The lowest BCUT2D eigenvalue weighted by molar-refractivity contribution is 0.0734. The number of halogens is 1. The van der Waals surface area contributed by atoms with E-state index in [1.807, 2.05) is 42.5 Å². The van der Waals surface area contributed by atoms with Gasteiger partial charge in [0.1, 0.15) is 11.5 Å². The van der Waals surface area contributed by atoms with Crippen LogP contribution in [0.25, 0.3) is 0 Å². The van der Waals surface area contributed by atoms with Crippen LogP contribution in [-0.2, 0) is 0 Å². The zero-order valence-corrected chi connectivity index (χ0v) is 15.6. The predicted molar refractivity (Wildman–Crippen MR) is 106 cm³/mol. The SMILES string of the molecule is COc1ccc(C(=O)Oc2ccccc2C=Nc2ccc(Br)cc2)cc1. The summed E-state index contributed by atoms with van der Waals surface area (Å²) in [5, 5.41) is 0. The third-order valence-corrected chi connectivity index (χ3v) is 4.16. The van der Waals surface area contributed by atoms with E-state index in [0.717, 1.165) is 15.7 Å². The summed E-state index contributed by atoms with van der Waals surface area (Å²) in [4.78, 5) is 16.8. The number of methoxy groups -OCH3 is 1. The lowest BCUT2D eigenvalue weighted by atomic mass is 10.2. The zero-order valence-electron chi connectivity index (χ0n) is 14.1. The van der Waals surface area contributed by atoms with E-state index in [-0.39, 0.29) is 0 Å². The molecule has 26 heavy (non-hydrogen) atoms. The van der Waals surface area contributed by atoms with E-state index in [0.29, 0.717) is 17.1 Å². The van der Waals surface area contributed by atoms with Gasteiger partial charge < -0.3 is 9.47 Å². The average molecular weight is 410 g/mol. The summed E-state index contributed by atoms with van der Waals surface area (Å²) in [6.45, 7) is 0. The van der Waals surface area contributed by atoms with Crippen LogP contribution in [0.2, 0.25) is 0 Å². The monoisotopic (exact) mass is 409 g/mol. The van der Waals surface area contributed by atoms with E-state index in [1.54, 1.807) is 43.7 Å². The highest BCUT2D eigenvalue weighted by molar-refractivity contribution is 9.10. The Balaban J connectivity index is 1.77. The van der Waals surface area contributed by atoms with Crippen molar-refractivity contribution >= 4 is 33.8 Å². The van der Waals surface area contributed by atoms with Gasteiger partial charge in [0, 0.05) is 16.3 Å². The smallest absolute Gasteiger partial charge is 0.343 e. The molecule has 130 valence electrons. The fraction of sp³-hybridized carbons (Fsp3) is 0.0476. The van der Waals surface area contributed by atoms with Crippen LogP contribution in [0, 0.1) is 0 Å². The maximum atomic E-state index is 12.4. The van der Waals surface area contributed by atoms with Gasteiger partial charge in [-0.15, -0.1) is 0 Å². The van der Waals surface area contributed by atoms with E-state index in [1.165, 1.54) is 0 Å². The van der Waals surface area contributed by atoms with Gasteiger partial charge in [0.15, 0.2) is 0 Å². The summed E-state index contributed by atoms with van der Waals surface area (Å²) in [5.41, 5.74) is 1.98. The highest BCUT2D eigenvalue weighted by atomic mass is 79.9. The third kappa shape index (κ3) is 4.58. The fourth-order valence-corrected chi connectivity index (χ4v) is 2.50. The molecule has 0 bridgehead atoms. The number of ether oxygens (including phenoxy) is 2. The number of nitrogens with zero attached hydrogens (tertiary/aromatic N) is 1. The zero-order chi connectivity index (χ0) is 18.4. The summed E-state index contributed by atoms with van der Waals surface area (Å²) in [6, 6.07) is 21.7. The van der Waals surface area contributed by atoms with Crippen LogP contribution in [0.4, 0.5) is 5.69 Å². The molecule has 0 unspecified atom stereocenters. The summed E-state index contributed by atoms with van der Waals surface area (Å²) in [6.07, 6.45) is 1.68. The molecule has 0 aliphatic heterocycles. The minimum absolute atomic E-state index is 0.433. The first kappa shape index (κ1) is 17.9. The Morgan fingerprint density at radius 3 is 2.35 bits per heavy atom. The largest absolute Gasteiger partial charge is 0.497 e. The molecule has 0 aliphatic carbocycles. The molecule has 3 aromatic rings. The summed E-state index contributed by atoms with van der Waals surface area (Å²) >= 11 is 3.39. The molecule has 3 rings (SSSR count). The van der Waals surface area contributed by atoms with Crippen LogP contribution < -0.4 is 9.47 Å². The lowest BCUT2D eigenvalue weighted by Gasteiger charge is -2.08. The third-order valence-electron chi connectivity index (χ3n) is 3.63. The highest BCUT2D eigenvalue weighted by Crippen LogP contribution is 2.21. The van der Waals surface area contributed by atoms with Gasteiger partial charge in [0.05, 0.1) is 18.4 Å². The number of rotatable bonds is 5. The van der Waals surface area contributed by atoms with Gasteiger partial charge in [-0.3, -0.25) is 4.99 Å². The molecule has 0 spiro atoms. The maximum absolute atomic E-state index is 12.4. The number of carbonyl (C=O) groups excluding carboxylic acids is 1. The van der Waals surface area contributed by atoms with Crippen molar-refractivity contribution in [1.82, 2.24) is 0 Å². The van der Waals surface area contributed by atoms with Crippen LogP contribution >= 0.6 is 15.9 Å². The molecule has 0 aliphatic rings. The molecule has 0 saturated carbocycles. The van der Waals surface area contributed by atoms with Gasteiger partial charge in [-0.05, 0) is 60.7 Å². The van der Waals surface area contributed by atoms with E-state index in [2.05, 4.69) is 20.9 Å². The lowest BCUT2D eigenvalue weighted by Crippen LogP contribution is -2.09. The Hall–Kier alpha value is -2.92. The fourth-order valence-electron chi connectivity index (χ4n) is 2.24. The number of aliphatic imine (C=N–C) groups is 1. The van der Waals surface area contributed by atoms with Gasteiger partial charge in [0.2, 0.25) is 0 Å². The quantitative estimate of drug-likeness (QED) is 0.320. The second-order valence-corrected chi connectivity index (χ2v) is 6.31. The van der Waals surface area contributed by atoms with Crippen molar-refractivity contribution in [3.8, 4) is 11.5 Å². The van der Waals surface area contributed by atoms with Gasteiger partial charge in [-0.1, -0.05) is 28.1 Å². The van der Waals surface area contributed by atoms with Crippen LogP contribution in [0.5, 0.6) is 11.5 Å². The normalized spacial score (nSPS) is 10.7. The Labute approximate surface area is 160 Å². The molecular weight excluding hydrogens is 394 g/mol. The van der Waals surface area contributed by atoms with Crippen molar-refractivity contribution in [2.45, 2.75) is 0 Å². The van der Waals surface area contributed by atoms with Crippen molar-refractivity contribution in [1.29, 1.82) is 0 Å². The first-order valence-electron chi connectivity index (χ1n) is 7.90. The van der Waals surface area contributed by atoms with E-state index >= 15 is 0 Å². The van der Waals surface area contributed by atoms with Crippen LogP contribution in [0.3, 0.4) is 0 Å². The standard InChI is InChI=1S/C21H16BrNO3/c1-25-19-12-6-15(7-13-19)21(24)26-20-5-3-2-4-16(20)14-23-18-10-8-17(22)9-11-18/h2-14H,1H3. The molecule has 0 aromatic heterocycles. The Bertz CT molecular complexity index is 919. The van der Waals surface area contributed by atoms with Crippen molar-refractivity contribution in [2.24, 2.45) is 4.99 Å². The molecule has 0 amide bonds. The van der Waals surface area contributed by atoms with E-state index in [4.69, 9.17) is 9.47 Å². The molecule has 5 heteroatoms. The topological polar surface area (TPSA) is 47.9 Å². The Morgan fingerprint density at radius 2 is 1.65 bits per heavy atom. The summed E-state index contributed by atoms with van der Waals surface area (Å²) in [5.74, 6) is 0.704. The maximum Gasteiger partial charge on any atom is 0.343 e. The molecule has 3 aromatic carbocycles. The summed E-state index contributed by atoms with van der Waals surface area (Å²) < 4.78 is 11.6. The molecule has 4 nitrogen and oxygen atoms in total. The van der Waals surface area contributed by atoms with Gasteiger partial charge >= 0.3 is 5.97 Å². The van der Waals surface area contributed by atoms with Gasteiger partial charge in [-0.2, -0.15) is 0 Å². The van der Waals surface area contributed by atoms with E-state index < -0.39 is 5.97 Å². The van der Waals surface area contributed by atoms with Crippen LogP contribution in [0.1, 0.15) is 15.9 Å².